The fraction of sp³-hybridized carbons (Fsp3) is 0.583. The highest BCUT2D eigenvalue weighted by Crippen LogP contribution is 2.42. The van der Waals surface area contributed by atoms with Gasteiger partial charge in [-0.1, -0.05) is 18.2 Å². The number of alkyl halides is 12. The van der Waals surface area contributed by atoms with Gasteiger partial charge >= 0.3 is 36.6 Å². The molecule has 0 atom stereocenters. The van der Waals surface area contributed by atoms with Gasteiger partial charge in [0.05, 0.1) is 12.1 Å². The van der Waals surface area contributed by atoms with Gasteiger partial charge in [-0.25, -0.2) is 9.59 Å². The van der Waals surface area contributed by atoms with Crippen LogP contribution in [0.3, 0.4) is 0 Å². The summed E-state index contributed by atoms with van der Waals surface area (Å²) in [6.45, 7) is 1.11. The molecule has 0 unspecified atom stereocenters. The van der Waals surface area contributed by atoms with Crippen LogP contribution in [0.5, 0.6) is 0 Å². The Morgan fingerprint density at radius 2 is 1.36 bits per heavy atom. The van der Waals surface area contributed by atoms with Crippen molar-refractivity contribution in [1.29, 1.82) is 0 Å². The molecule has 1 saturated carbocycles. The summed E-state index contributed by atoms with van der Waals surface area (Å²) in [4.78, 5) is 19.9. The molecule has 1 aromatic heterocycles. The minimum absolute atomic E-state index is 0.116. The van der Waals surface area contributed by atoms with E-state index >= 15 is 0 Å². The highest BCUT2D eigenvalue weighted by atomic mass is 19.4. The summed E-state index contributed by atoms with van der Waals surface area (Å²) in [6.07, 6.45) is -16.5. The zero-order valence-corrected chi connectivity index (χ0v) is 22.7. The van der Waals surface area contributed by atoms with Gasteiger partial charge in [-0.2, -0.15) is 52.7 Å². The van der Waals surface area contributed by atoms with Crippen molar-refractivity contribution in [3.8, 4) is 0 Å². The summed E-state index contributed by atoms with van der Waals surface area (Å²) in [7, 11) is 0. The summed E-state index contributed by atoms with van der Waals surface area (Å²) in [5, 5.41) is 21.3. The van der Waals surface area contributed by atoms with Crippen molar-refractivity contribution in [2.75, 3.05) is 13.1 Å². The van der Waals surface area contributed by atoms with E-state index in [1.165, 1.54) is 12.1 Å². The lowest BCUT2D eigenvalue weighted by Gasteiger charge is -2.44. The molecular formula is C24H25F12N5O4. The Morgan fingerprint density at radius 1 is 0.844 bits per heavy atom. The van der Waals surface area contributed by atoms with Gasteiger partial charge < -0.3 is 20.5 Å². The summed E-state index contributed by atoms with van der Waals surface area (Å²) >= 11 is 0. The van der Waals surface area contributed by atoms with Crippen LogP contribution in [0.25, 0.3) is 0 Å². The first-order valence-corrected chi connectivity index (χ1v) is 12.6. The van der Waals surface area contributed by atoms with Crippen LogP contribution >= 0.6 is 0 Å². The number of nitrogens with zero attached hydrogens (tertiary/aromatic N) is 4. The van der Waals surface area contributed by atoms with E-state index in [9.17, 15) is 52.7 Å². The quantitative estimate of drug-likeness (QED) is 0.377. The maximum atomic E-state index is 13.1. The second-order valence-electron chi connectivity index (χ2n) is 9.96. The molecule has 254 valence electrons. The molecule has 21 heteroatoms. The van der Waals surface area contributed by atoms with Crippen LogP contribution in [-0.2, 0) is 40.4 Å². The van der Waals surface area contributed by atoms with E-state index in [1.54, 1.807) is 6.07 Å². The Morgan fingerprint density at radius 3 is 1.78 bits per heavy atom. The average Bonchev–Trinajstić information content (AvgIpc) is 3.36. The third-order valence-electron chi connectivity index (χ3n) is 7.14. The lowest BCUT2D eigenvalue weighted by atomic mass is 9.67. The average molecular weight is 675 g/mol. The molecule has 1 fully saturated rings. The second-order valence-corrected chi connectivity index (χ2v) is 9.96. The number of hydrogen-bond donors (Lipinski definition) is 3. The Kier molecular flexibility index (Phi) is 11.5. The fourth-order valence-corrected chi connectivity index (χ4v) is 4.85. The maximum absolute atomic E-state index is 13.1. The lowest BCUT2D eigenvalue weighted by molar-refractivity contribution is -0.193. The number of aromatic nitrogens is 3. The van der Waals surface area contributed by atoms with E-state index in [0.29, 0.717) is 37.8 Å². The van der Waals surface area contributed by atoms with Crippen LogP contribution in [0.15, 0.2) is 24.3 Å². The number of fused-ring (bicyclic) bond motifs is 1. The number of halogens is 12. The number of aliphatic carboxylic acids is 2. The van der Waals surface area contributed by atoms with Crippen LogP contribution < -0.4 is 5.73 Å². The smallest absolute Gasteiger partial charge is 0.475 e. The minimum Gasteiger partial charge on any atom is -0.475 e. The first-order valence-electron chi connectivity index (χ1n) is 12.6. The molecule has 4 rings (SSSR count). The number of hydrogen-bond acceptors (Lipinski definition) is 6. The standard InChI is InChI=1S/C20H23F6N5.2C2HF3O2/c21-19(22,23)14-3-1-2-13(10-14)18(12-27)6-4-15(5-7-18)30-8-9-31-16(11-30)28-29-17(31)20(24,25)26;2*3-2(4,5)1(6)7/h1-3,10,15H,4-9,11-12,27H2;2*(H,6,7)/t15-,18-;;. The normalized spacial score (nSPS) is 21.0. The Balaban J connectivity index is 0.000000421. The summed E-state index contributed by atoms with van der Waals surface area (Å²) in [5.41, 5.74) is 5.42. The first kappa shape index (κ1) is 37.6. The summed E-state index contributed by atoms with van der Waals surface area (Å²) in [5.74, 6) is -6.20. The Labute approximate surface area is 245 Å². The Hall–Kier alpha value is -3.62. The summed E-state index contributed by atoms with van der Waals surface area (Å²) < 4.78 is 143. The molecule has 0 amide bonds. The molecule has 0 radical (unpaired) electrons. The van der Waals surface area contributed by atoms with Crippen molar-refractivity contribution < 1.29 is 72.5 Å². The maximum Gasteiger partial charge on any atom is 0.490 e. The van der Waals surface area contributed by atoms with Crippen LogP contribution in [0.2, 0.25) is 0 Å². The van der Waals surface area contributed by atoms with Crippen molar-refractivity contribution >= 4 is 11.9 Å². The zero-order chi connectivity index (χ0) is 34.6. The predicted octanol–water partition coefficient (Wildman–Crippen LogP) is 5.24. The van der Waals surface area contributed by atoms with Crippen LogP contribution in [0.1, 0.15) is 48.5 Å². The SMILES string of the molecule is NC[C@]1(c2cccc(C(F)(F)F)c2)CC[C@H](N2CCn3c(nnc3C(F)(F)F)C2)CC1.O=C(O)C(F)(F)F.O=C(O)C(F)(F)F. The van der Waals surface area contributed by atoms with Crippen LogP contribution in [0, 0.1) is 0 Å². The van der Waals surface area contributed by atoms with Crippen molar-refractivity contribution in [2.45, 2.75) is 74.9 Å². The van der Waals surface area contributed by atoms with E-state index < -0.39 is 53.4 Å². The van der Waals surface area contributed by atoms with Crippen molar-refractivity contribution in [2.24, 2.45) is 5.73 Å². The van der Waals surface area contributed by atoms with E-state index in [1.807, 2.05) is 0 Å². The molecule has 2 heterocycles. The predicted molar refractivity (Wildman–Crippen MR) is 127 cm³/mol. The molecule has 1 aliphatic heterocycles. The summed E-state index contributed by atoms with van der Waals surface area (Å²) in [6, 6.07) is 5.47. The molecule has 9 nitrogen and oxygen atoms in total. The number of carboxylic acid groups (broad SMARTS) is 2. The van der Waals surface area contributed by atoms with Crippen molar-refractivity contribution in [3.05, 3.63) is 47.0 Å². The van der Waals surface area contributed by atoms with E-state index in [4.69, 9.17) is 25.5 Å². The van der Waals surface area contributed by atoms with Gasteiger partial charge in [0, 0.05) is 31.1 Å². The molecule has 4 N–H and O–H groups in total. The molecule has 2 aromatic rings. The first-order chi connectivity index (χ1) is 20.4. The van der Waals surface area contributed by atoms with E-state index in [2.05, 4.69) is 15.1 Å². The van der Waals surface area contributed by atoms with Gasteiger partial charge in [0.25, 0.3) is 0 Å². The fourth-order valence-electron chi connectivity index (χ4n) is 4.85. The highest BCUT2D eigenvalue weighted by Gasteiger charge is 2.43. The number of benzene rings is 1. The van der Waals surface area contributed by atoms with Crippen molar-refractivity contribution in [3.63, 3.8) is 0 Å². The van der Waals surface area contributed by atoms with Crippen molar-refractivity contribution in [1.82, 2.24) is 19.7 Å². The number of rotatable bonds is 3. The van der Waals surface area contributed by atoms with E-state index in [-0.39, 0.29) is 31.5 Å². The lowest BCUT2D eigenvalue weighted by Crippen LogP contribution is -2.48. The Bertz CT molecular complexity index is 1290. The molecule has 1 aromatic carbocycles. The topological polar surface area (TPSA) is 135 Å². The molecule has 2 aliphatic rings. The van der Waals surface area contributed by atoms with Gasteiger partial charge in [-0.3, -0.25) is 4.90 Å². The third-order valence-corrected chi connectivity index (χ3v) is 7.14. The van der Waals surface area contributed by atoms with Crippen LogP contribution in [-0.4, -0.2) is 73.3 Å². The zero-order valence-electron chi connectivity index (χ0n) is 22.7. The van der Waals surface area contributed by atoms with E-state index in [0.717, 1.165) is 10.6 Å². The van der Waals surface area contributed by atoms with Gasteiger partial charge in [0.15, 0.2) is 0 Å². The van der Waals surface area contributed by atoms with Gasteiger partial charge in [0.1, 0.15) is 5.82 Å². The van der Waals surface area contributed by atoms with Crippen LogP contribution in [0.4, 0.5) is 52.7 Å². The number of nitrogens with two attached hydrogens (primary N) is 1. The molecule has 45 heavy (non-hydrogen) atoms. The molecule has 0 spiro atoms. The van der Waals surface area contributed by atoms with Gasteiger partial charge in [0.2, 0.25) is 5.82 Å². The highest BCUT2D eigenvalue weighted by molar-refractivity contribution is 5.73. The largest absolute Gasteiger partial charge is 0.490 e. The minimum atomic E-state index is -5.08. The third kappa shape index (κ3) is 9.93. The number of carboxylic acids is 2. The molecule has 1 aliphatic carbocycles. The van der Waals surface area contributed by atoms with Gasteiger partial charge in [-0.15, -0.1) is 10.2 Å². The molecule has 0 bridgehead atoms. The second kappa shape index (κ2) is 13.8. The van der Waals surface area contributed by atoms with Gasteiger partial charge in [-0.05, 0) is 37.3 Å². The molecular weight excluding hydrogens is 650 g/mol. The monoisotopic (exact) mass is 675 g/mol. The molecule has 0 saturated heterocycles. The number of carbonyl (C=O) groups is 2.